The van der Waals surface area contributed by atoms with Gasteiger partial charge >= 0.3 is 12.0 Å². The summed E-state index contributed by atoms with van der Waals surface area (Å²) in [5.74, 6) is -0.396. The van der Waals surface area contributed by atoms with Gasteiger partial charge < -0.3 is 4.74 Å². The number of anilines is 1. The zero-order valence-electron chi connectivity index (χ0n) is 14.2. The normalized spacial score (nSPS) is 12.8. The number of ether oxygens (including phenoxy) is 1. The monoisotopic (exact) mass is 391 g/mol. The topological polar surface area (TPSA) is 79.8 Å². The zero-order chi connectivity index (χ0) is 18.5. The molecule has 8 heteroatoms. The van der Waals surface area contributed by atoms with Crippen molar-refractivity contribution in [3.05, 3.63) is 50.9 Å². The molecule has 1 aliphatic rings. The summed E-state index contributed by atoms with van der Waals surface area (Å²) in [6.45, 7) is 2.05. The number of nitrogens with zero attached hydrogens (tertiary/aromatic N) is 1. The van der Waals surface area contributed by atoms with Gasteiger partial charge in [0, 0.05) is 9.90 Å². The van der Waals surface area contributed by atoms with E-state index in [0.717, 1.165) is 35.3 Å². The molecule has 0 bridgehead atoms. The molecule has 2 N–H and O–H groups in total. The second kappa shape index (κ2) is 8.33. The van der Waals surface area contributed by atoms with Crippen molar-refractivity contribution in [2.45, 2.75) is 26.2 Å². The average Bonchev–Trinajstić information content (AvgIpc) is 3.17. The molecule has 0 radical (unpaired) electrons. The van der Waals surface area contributed by atoms with Gasteiger partial charge in [-0.25, -0.2) is 15.0 Å². The number of benzene rings is 1. The maximum atomic E-state index is 12.3. The Labute approximate surface area is 160 Å². The van der Waals surface area contributed by atoms with Crippen LogP contribution in [0.25, 0.3) is 0 Å². The quantitative estimate of drug-likeness (QED) is 0.455. The van der Waals surface area contributed by atoms with Gasteiger partial charge in [-0.3, -0.25) is 5.32 Å². The summed E-state index contributed by atoms with van der Waals surface area (Å²) in [6.07, 6.45) is 4.28. The Morgan fingerprint density at radius 1 is 1.31 bits per heavy atom. The Bertz CT molecular complexity index is 846. The number of thiophene rings is 1. The molecule has 1 aromatic carbocycles. The number of carbonyl (C=O) groups is 2. The molecule has 0 saturated heterocycles. The lowest BCUT2D eigenvalue weighted by Gasteiger charge is -2.07. The van der Waals surface area contributed by atoms with Crippen molar-refractivity contribution >= 4 is 46.2 Å². The highest BCUT2D eigenvalue weighted by molar-refractivity contribution is 7.17. The zero-order valence-corrected chi connectivity index (χ0v) is 15.7. The maximum Gasteiger partial charge on any atom is 0.341 e. The van der Waals surface area contributed by atoms with Crippen LogP contribution in [-0.4, -0.2) is 24.8 Å². The first-order valence-electron chi connectivity index (χ1n) is 8.25. The predicted octanol–water partition coefficient (Wildman–Crippen LogP) is 4.22. The van der Waals surface area contributed by atoms with Gasteiger partial charge in [-0.05, 0) is 49.4 Å². The standard InChI is InChI=1S/C18H18ClN3O3S/c1-2-25-17(23)15-13-4-3-5-14(13)26-16(15)21-18(24)22-20-10-11-6-8-12(19)9-7-11/h6-10H,2-5H2,1H3,(H2,21,22,24). The molecule has 3 rings (SSSR count). The van der Waals surface area contributed by atoms with E-state index in [2.05, 4.69) is 15.8 Å². The van der Waals surface area contributed by atoms with Gasteiger partial charge in [-0.15, -0.1) is 11.3 Å². The Morgan fingerprint density at radius 3 is 2.81 bits per heavy atom. The molecular weight excluding hydrogens is 374 g/mol. The van der Waals surface area contributed by atoms with E-state index in [1.165, 1.54) is 17.6 Å². The number of carbonyl (C=O) groups excluding carboxylic acids is 2. The third kappa shape index (κ3) is 4.23. The number of urea groups is 1. The van der Waals surface area contributed by atoms with E-state index in [0.29, 0.717) is 22.2 Å². The lowest BCUT2D eigenvalue weighted by molar-refractivity contribution is 0.0527. The number of aryl methyl sites for hydroxylation is 1. The fourth-order valence-corrected chi connectivity index (χ4v) is 4.16. The molecule has 0 atom stereocenters. The molecule has 2 amide bonds. The van der Waals surface area contributed by atoms with Crippen LogP contribution in [0.5, 0.6) is 0 Å². The van der Waals surface area contributed by atoms with Crippen molar-refractivity contribution < 1.29 is 14.3 Å². The van der Waals surface area contributed by atoms with E-state index in [1.807, 2.05) is 0 Å². The van der Waals surface area contributed by atoms with Crippen molar-refractivity contribution in [3.63, 3.8) is 0 Å². The molecule has 0 spiro atoms. The van der Waals surface area contributed by atoms with Crippen molar-refractivity contribution in [1.29, 1.82) is 0 Å². The summed E-state index contributed by atoms with van der Waals surface area (Å²) >= 11 is 7.24. The number of hydrogen-bond acceptors (Lipinski definition) is 5. The second-order valence-corrected chi connectivity index (χ2v) is 7.20. The number of halogens is 1. The van der Waals surface area contributed by atoms with E-state index in [4.69, 9.17) is 16.3 Å². The van der Waals surface area contributed by atoms with Crippen molar-refractivity contribution in [1.82, 2.24) is 5.43 Å². The molecule has 0 aliphatic heterocycles. The summed E-state index contributed by atoms with van der Waals surface area (Å²) in [6, 6.07) is 6.53. The third-order valence-electron chi connectivity index (χ3n) is 3.88. The van der Waals surface area contributed by atoms with Crippen molar-refractivity contribution in [3.8, 4) is 0 Å². The highest BCUT2D eigenvalue weighted by Gasteiger charge is 2.28. The predicted molar refractivity (Wildman–Crippen MR) is 104 cm³/mol. The van der Waals surface area contributed by atoms with Crippen LogP contribution in [0.4, 0.5) is 9.80 Å². The van der Waals surface area contributed by atoms with Gasteiger partial charge in [-0.2, -0.15) is 5.10 Å². The fourth-order valence-electron chi connectivity index (χ4n) is 2.76. The molecule has 0 saturated carbocycles. The highest BCUT2D eigenvalue weighted by Crippen LogP contribution is 2.39. The lowest BCUT2D eigenvalue weighted by Crippen LogP contribution is -2.25. The first-order valence-corrected chi connectivity index (χ1v) is 9.45. The molecule has 0 unspecified atom stereocenters. The fraction of sp³-hybridized carbons (Fsp3) is 0.278. The first-order chi connectivity index (χ1) is 12.6. The average molecular weight is 392 g/mol. The van der Waals surface area contributed by atoms with Gasteiger partial charge in [0.15, 0.2) is 0 Å². The van der Waals surface area contributed by atoms with Crippen LogP contribution >= 0.6 is 22.9 Å². The van der Waals surface area contributed by atoms with Gasteiger partial charge in [0.2, 0.25) is 0 Å². The third-order valence-corrected chi connectivity index (χ3v) is 5.34. The Morgan fingerprint density at radius 2 is 2.08 bits per heavy atom. The second-order valence-electron chi connectivity index (χ2n) is 5.66. The van der Waals surface area contributed by atoms with Crippen molar-refractivity contribution in [2.75, 3.05) is 11.9 Å². The number of nitrogens with one attached hydrogen (secondary N) is 2. The minimum atomic E-state index is -0.513. The molecule has 1 heterocycles. The number of esters is 1. The Kier molecular flexibility index (Phi) is 5.90. The maximum absolute atomic E-state index is 12.3. The van der Waals surface area contributed by atoms with E-state index < -0.39 is 12.0 Å². The van der Waals surface area contributed by atoms with Crippen LogP contribution in [0.3, 0.4) is 0 Å². The summed E-state index contributed by atoms with van der Waals surface area (Å²) in [5, 5.41) is 7.74. The number of hydrazone groups is 1. The largest absolute Gasteiger partial charge is 0.462 e. The molecule has 6 nitrogen and oxygen atoms in total. The Hall–Kier alpha value is -2.38. The smallest absolute Gasteiger partial charge is 0.341 e. The summed E-state index contributed by atoms with van der Waals surface area (Å²) in [4.78, 5) is 25.5. The van der Waals surface area contributed by atoms with Gasteiger partial charge in [0.25, 0.3) is 0 Å². The molecule has 0 fully saturated rings. The van der Waals surface area contributed by atoms with Crippen LogP contribution < -0.4 is 10.7 Å². The summed E-state index contributed by atoms with van der Waals surface area (Å²) in [7, 11) is 0. The molecule has 26 heavy (non-hydrogen) atoms. The van der Waals surface area contributed by atoms with Gasteiger partial charge in [-0.1, -0.05) is 23.7 Å². The molecule has 1 aliphatic carbocycles. The Balaban J connectivity index is 1.67. The molecule has 1 aromatic heterocycles. The SMILES string of the molecule is CCOC(=O)c1c(NC(=O)NN=Cc2ccc(Cl)cc2)sc2c1CCC2. The molecule has 2 aromatic rings. The number of amides is 2. The van der Waals surface area contributed by atoms with E-state index in [9.17, 15) is 9.59 Å². The number of rotatable bonds is 5. The van der Waals surface area contributed by atoms with E-state index in [1.54, 1.807) is 31.2 Å². The molecule has 136 valence electrons. The minimum Gasteiger partial charge on any atom is -0.462 e. The summed E-state index contributed by atoms with van der Waals surface area (Å²) < 4.78 is 5.14. The lowest BCUT2D eigenvalue weighted by atomic mass is 10.1. The number of hydrogen-bond donors (Lipinski definition) is 2. The van der Waals surface area contributed by atoms with Crippen molar-refractivity contribution in [2.24, 2.45) is 5.10 Å². The van der Waals surface area contributed by atoms with Gasteiger partial charge in [0.05, 0.1) is 18.4 Å². The van der Waals surface area contributed by atoms with E-state index in [-0.39, 0.29) is 0 Å². The van der Waals surface area contributed by atoms with Crippen LogP contribution in [-0.2, 0) is 17.6 Å². The van der Waals surface area contributed by atoms with E-state index >= 15 is 0 Å². The van der Waals surface area contributed by atoms with Crippen LogP contribution in [0.1, 0.15) is 39.7 Å². The van der Waals surface area contributed by atoms with Crippen LogP contribution in [0.15, 0.2) is 29.4 Å². The highest BCUT2D eigenvalue weighted by atomic mass is 35.5. The minimum absolute atomic E-state index is 0.292. The van der Waals surface area contributed by atoms with Gasteiger partial charge in [0.1, 0.15) is 5.00 Å². The molecular formula is C18H18ClN3O3S. The summed E-state index contributed by atoms with van der Waals surface area (Å²) in [5.41, 5.74) is 4.67. The first kappa shape index (κ1) is 18.4. The van der Waals surface area contributed by atoms with Crippen LogP contribution in [0, 0.1) is 0 Å². The van der Waals surface area contributed by atoms with Crippen LogP contribution in [0.2, 0.25) is 5.02 Å². The number of fused-ring (bicyclic) bond motifs is 1.